The summed E-state index contributed by atoms with van der Waals surface area (Å²) in [5.74, 6) is 1.34. The first-order valence-electron chi connectivity index (χ1n) is 3.23. The average molecular weight is 127 g/mol. The summed E-state index contributed by atoms with van der Waals surface area (Å²) in [5.41, 5.74) is 5.42. The van der Waals surface area contributed by atoms with Gasteiger partial charge in [-0.25, -0.2) is 0 Å². The number of guanidine groups is 1. The summed E-state index contributed by atoms with van der Waals surface area (Å²) in [6.07, 6.45) is 1.23. The van der Waals surface area contributed by atoms with Gasteiger partial charge in [0.2, 0.25) is 0 Å². The number of hydrogen-bond acceptors (Lipinski definition) is 1. The zero-order chi connectivity index (χ0) is 6.85. The lowest BCUT2D eigenvalue weighted by atomic mass is 10.5. The molecule has 9 heavy (non-hydrogen) atoms. The number of nitrogens with two attached hydrogens (primary N) is 1. The fraction of sp³-hybridized carbons (Fsp3) is 0.833. The van der Waals surface area contributed by atoms with Gasteiger partial charge in [0.05, 0.1) is 0 Å². The van der Waals surface area contributed by atoms with Crippen molar-refractivity contribution in [2.75, 3.05) is 7.05 Å². The van der Waals surface area contributed by atoms with Gasteiger partial charge < -0.3 is 11.1 Å². The van der Waals surface area contributed by atoms with E-state index in [9.17, 15) is 0 Å². The summed E-state index contributed by atoms with van der Waals surface area (Å²) in [4.78, 5) is 3.79. The highest BCUT2D eigenvalue weighted by Crippen LogP contribution is 2.28. The Labute approximate surface area is 55.3 Å². The first-order valence-corrected chi connectivity index (χ1v) is 3.23. The van der Waals surface area contributed by atoms with Crippen LogP contribution in [0.5, 0.6) is 0 Å². The van der Waals surface area contributed by atoms with Crippen LogP contribution in [0.3, 0.4) is 0 Å². The third kappa shape index (κ3) is 1.59. The van der Waals surface area contributed by atoms with Crippen molar-refractivity contribution < 1.29 is 0 Å². The number of rotatable bonds is 1. The van der Waals surface area contributed by atoms with E-state index in [-0.39, 0.29) is 0 Å². The molecule has 0 aliphatic heterocycles. The lowest BCUT2D eigenvalue weighted by molar-refractivity contribution is 0.806. The third-order valence-corrected chi connectivity index (χ3v) is 1.68. The van der Waals surface area contributed by atoms with Gasteiger partial charge in [-0.15, -0.1) is 0 Å². The number of nitrogens with zero attached hydrogens (tertiary/aromatic N) is 1. The summed E-state index contributed by atoms with van der Waals surface area (Å²) < 4.78 is 0. The summed E-state index contributed by atoms with van der Waals surface area (Å²) in [6, 6.07) is 0.591. The maximum atomic E-state index is 5.42. The topological polar surface area (TPSA) is 50.4 Å². The molecule has 1 aliphatic carbocycles. The van der Waals surface area contributed by atoms with Crippen LogP contribution in [0.2, 0.25) is 0 Å². The van der Waals surface area contributed by atoms with Gasteiger partial charge in [0, 0.05) is 13.1 Å². The van der Waals surface area contributed by atoms with Gasteiger partial charge in [-0.3, -0.25) is 4.99 Å². The first kappa shape index (κ1) is 6.39. The standard InChI is InChI=1S/C6H13N3/c1-4-3-5(4)9-6(7)8-2/h4-5H,3H2,1-2H3,(H3,7,8,9). The van der Waals surface area contributed by atoms with Crippen molar-refractivity contribution in [3.8, 4) is 0 Å². The maximum absolute atomic E-state index is 5.42. The second-order valence-electron chi connectivity index (χ2n) is 2.57. The molecule has 0 aromatic heterocycles. The van der Waals surface area contributed by atoms with Gasteiger partial charge >= 0.3 is 0 Å². The average Bonchev–Trinajstić information content (AvgIpc) is 2.47. The molecule has 0 aromatic carbocycles. The molecule has 1 fully saturated rings. The second kappa shape index (κ2) is 2.25. The fourth-order valence-corrected chi connectivity index (χ4v) is 0.778. The van der Waals surface area contributed by atoms with Crippen LogP contribution < -0.4 is 11.1 Å². The number of hydrogen-bond donors (Lipinski definition) is 2. The predicted octanol–water partition coefficient (Wildman–Crippen LogP) is -0.0711. The smallest absolute Gasteiger partial charge is 0.188 e. The Hall–Kier alpha value is -0.730. The molecule has 52 valence electrons. The van der Waals surface area contributed by atoms with Gasteiger partial charge in [0.1, 0.15) is 0 Å². The first-order chi connectivity index (χ1) is 4.24. The second-order valence-corrected chi connectivity index (χ2v) is 2.57. The molecular formula is C6H13N3. The Morgan fingerprint density at radius 1 is 1.78 bits per heavy atom. The van der Waals surface area contributed by atoms with Gasteiger partial charge in [-0.1, -0.05) is 6.92 Å². The van der Waals surface area contributed by atoms with Crippen LogP contribution in [0.1, 0.15) is 13.3 Å². The lowest BCUT2D eigenvalue weighted by Crippen LogP contribution is -2.33. The Bertz CT molecular complexity index is 130. The van der Waals surface area contributed by atoms with E-state index in [2.05, 4.69) is 17.2 Å². The van der Waals surface area contributed by atoms with Crippen LogP contribution in [-0.4, -0.2) is 19.0 Å². The highest BCUT2D eigenvalue weighted by molar-refractivity contribution is 5.78. The van der Waals surface area contributed by atoms with E-state index in [1.807, 2.05) is 0 Å². The largest absolute Gasteiger partial charge is 0.370 e. The highest BCUT2D eigenvalue weighted by atomic mass is 15.1. The van der Waals surface area contributed by atoms with E-state index in [0.717, 1.165) is 5.92 Å². The van der Waals surface area contributed by atoms with E-state index in [1.54, 1.807) is 7.05 Å². The quantitative estimate of drug-likeness (QED) is 0.382. The van der Waals surface area contributed by atoms with Crippen LogP contribution >= 0.6 is 0 Å². The lowest BCUT2D eigenvalue weighted by Gasteiger charge is -2.00. The van der Waals surface area contributed by atoms with Crippen molar-refractivity contribution in [2.45, 2.75) is 19.4 Å². The Balaban J connectivity index is 2.19. The van der Waals surface area contributed by atoms with E-state index in [1.165, 1.54) is 6.42 Å². The van der Waals surface area contributed by atoms with Crippen molar-refractivity contribution in [3.63, 3.8) is 0 Å². The van der Waals surface area contributed by atoms with E-state index in [0.29, 0.717) is 12.0 Å². The molecule has 0 saturated heterocycles. The normalized spacial score (nSPS) is 34.2. The van der Waals surface area contributed by atoms with Crippen LogP contribution in [0.4, 0.5) is 0 Å². The third-order valence-electron chi connectivity index (χ3n) is 1.68. The van der Waals surface area contributed by atoms with Crippen molar-refractivity contribution in [1.82, 2.24) is 5.32 Å². The Morgan fingerprint density at radius 2 is 2.33 bits per heavy atom. The minimum absolute atomic E-state index is 0.560. The molecule has 0 bridgehead atoms. The molecule has 1 rings (SSSR count). The van der Waals surface area contributed by atoms with Crippen molar-refractivity contribution in [3.05, 3.63) is 0 Å². The molecule has 0 heterocycles. The van der Waals surface area contributed by atoms with Gasteiger partial charge in [0.15, 0.2) is 5.96 Å². The molecule has 0 spiro atoms. The van der Waals surface area contributed by atoms with Crippen LogP contribution in [0, 0.1) is 5.92 Å². The highest BCUT2D eigenvalue weighted by Gasteiger charge is 2.32. The maximum Gasteiger partial charge on any atom is 0.188 e. The molecule has 3 N–H and O–H groups in total. The van der Waals surface area contributed by atoms with Crippen molar-refractivity contribution in [2.24, 2.45) is 16.6 Å². The minimum Gasteiger partial charge on any atom is -0.370 e. The zero-order valence-electron chi connectivity index (χ0n) is 5.89. The number of aliphatic imine (C=N–C) groups is 1. The zero-order valence-corrected chi connectivity index (χ0v) is 5.89. The van der Waals surface area contributed by atoms with E-state index in [4.69, 9.17) is 5.73 Å². The van der Waals surface area contributed by atoms with E-state index >= 15 is 0 Å². The Kier molecular flexibility index (Phi) is 1.60. The molecule has 2 unspecified atom stereocenters. The summed E-state index contributed by atoms with van der Waals surface area (Å²) in [5, 5.41) is 3.08. The number of nitrogens with one attached hydrogen (secondary N) is 1. The van der Waals surface area contributed by atoms with Crippen molar-refractivity contribution in [1.29, 1.82) is 0 Å². The SMILES string of the molecule is CN=C(N)NC1CC1C. The van der Waals surface area contributed by atoms with Gasteiger partial charge in [-0.2, -0.15) is 0 Å². The molecule has 2 atom stereocenters. The van der Waals surface area contributed by atoms with Crippen molar-refractivity contribution >= 4 is 5.96 Å². The molecule has 0 aromatic rings. The fourth-order valence-electron chi connectivity index (χ4n) is 0.778. The summed E-state index contributed by atoms with van der Waals surface area (Å²) in [7, 11) is 1.69. The summed E-state index contributed by atoms with van der Waals surface area (Å²) >= 11 is 0. The molecule has 0 amide bonds. The molecule has 3 heteroatoms. The van der Waals surface area contributed by atoms with Gasteiger partial charge in [-0.05, 0) is 12.3 Å². The van der Waals surface area contributed by atoms with Gasteiger partial charge in [0.25, 0.3) is 0 Å². The predicted molar refractivity (Wildman–Crippen MR) is 38.3 cm³/mol. The Morgan fingerprint density at radius 3 is 2.67 bits per heavy atom. The molecule has 1 saturated carbocycles. The van der Waals surface area contributed by atoms with Crippen LogP contribution in [0.15, 0.2) is 4.99 Å². The molecular weight excluding hydrogens is 114 g/mol. The monoisotopic (exact) mass is 127 g/mol. The van der Waals surface area contributed by atoms with E-state index < -0.39 is 0 Å². The molecule has 0 radical (unpaired) electrons. The summed E-state index contributed by atoms with van der Waals surface area (Å²) in [6.45, 7) is 2.20. The molecule has 1 aliphatic rings. The van der Waals surface area contributed by atoms with Crippen LogP contribution in [-0.2, 0) is 0 Å². The molecule has 3 nitrogen and oxygen atoms in total. The van der Waals surface area contributed by atoms with Crippen LogP contribution in [0.25, 0.3) is 0 Å². The minimum atomic E-state index is 0.560.